The van der Waals surface area contributed by atoms with E-state index in [9.17, 15) is 0 Å². The molecule has 270 valence electrons. The van der Waals surface area contributed by atoms with Crippen LogP contribution in [0.25, 0.3) is 0 Å². The lowest BCUT2D eigenvalue weighted by atomic mass is 10.0. The maximum Gasteiger partial charge on any atom is 0.0357 e. The molecule has 0 aromatic carbocycles. The standard InChI is InChI=1S/C40H73N.C5H12/c1-3-5-7-9-11-13-15-17-19-21-23-25-27-29-31-33-37-41-38-34-36-40(39-41)35-32-30-28-26-24-22-20-18-16-14-12-10-8-6-4-2;1-3-5-4-2/h14,16-17,19,34,36,39H,3-13,15,18,20-33,35,37-38H2,1-2H3;3-5H2,1-2H3/b16-14-,19-17-;. The zero-order valence-corrected chi connectivity index (χ0v) is 32.3. The highest BCUT2D eigenvalue weighted by Gasteiger charge is 2.05. The fourth-order valence-corrected chi connectivity index (χ4v) is 6.29. The van der Waals surface area contributed by atoms with Crippen LogP contribution in [0, 0.1) is 0 Å². The van der Waals surface area contributed by atoms with Crippen molar-refractivity contribution in [3.05, 3.63) is 48.2 Å². The first-order valence-electron chi connectivity index (χ1n) is 21.2. The molecule has 1 nitrogen and oxygen atoms in total. The van der Waals surface area contributed by atoms with Crippen molar-refractivity contribution in [2.45, 2.75) is 227 Å². The molecule has 0 aliphatic carbocycles. The van der Waals surface area contributed by atoms with Gasteiger partial charge in [-0.3, -0.25) is 0 Å². The average molecular weight is 640 g/mol. The van der Waals surface area contributed by atoms with Crippen molar-refractivity contribution in [1.82, 2.24) is 4.90 Å². The van der Waals surface area contributed by atoms with Crippen LogP contribution >= 0.6 is 0 Å². The number of hydrogen-bond donors (Lipinski definition) is 0. The van der Waals surface area contributed by atoms with Crippen LogP contribution < -0.4 is 0 Å². The minimum Gasteiger partial charge on any atom is -0.373 e. The van der Waals surface area contributed by atoms with E-state index in [1.54, 1.807) is 5.57 Å². The van der Waals surface area contributed by atoms with Gasteiger partial charge in [-0.2, -0.15) is 0 Å². The molecule has 0 spiro atoms. The lowest BCUT2D eigenvalue weighted by Gasteiger charge is -2.23. The Bertz CT molecular complexity index is 681. The second-order valence-corrected chi connectivity index (χ2v) is 14.2. The van der Waals surface area contributed by atoms with Gasteiger partial charge in [0.05, 0.1) is 0 Å². The smallest absolute Gasteiger partial charge is 0.0357 e. The van der Waals surface area contributed by atoms with Crippen molar-refractivity contribution in [2.75, 3.05) is 13.1 Å². The number of unbranched alkanes of at least 4 members (excludes halogenated alkanes) is 25. The molecule has 0 atom stereocenters. The SMILES string of the molecule is CCCCC.CCCCCC/C=C\CCCCCCCCCC1=CN(CCCCCCCC/C=C\CCCCCCCC)CC=C1. The van der Waals surface area contributed by atoms with Crippen LogP contribution in [0.2, 0.25) is 0 Å². The average Bonchev–Trinajstić information content (AvgIpc) is 3.07. The maximum absolute atomic E-state index is 2.56. The minimum atomic E-state index is 1.11. The highest BCUT2D eigenvalue weighted by molar-refractivity contribution is 5.22. The fourth-order valence-electron chi connectivity index (χ4n) is 6.29. The zero-order chi connectivity index (χ0) is 33.4. The summed E-state index contributed by atoms with van der Waals surface area (Å²) in [6.45, 7) is 11.4. The van der Waals surface area contributed by atoms with Gasteiger partial charge >= 0.3 is 0 Å². The van der Waals surface area contributed by atoms with E-state index in [1.165, 1.54) is 206 Å². The van der Waals surface area contributed by atoms with Gasteiger partial charge in [0, 0.05) is 19.3 Å². The Balaban J connectivity index is 0.00000373. The third-order valence-corrected chi connectivity index (χ3v) is 9.41. The molecule has 0 saturated heterocycles. The maximum atomic E-state index is 2.56. The summed E-state index contributed by atoms with van der Waals surface area (Å²) in [5, 5.41) is 0. The van der Waals surface area contributed by atoms with Crippen LogP contribution in [0.1, 0.15) is 227 Å². The van der Waals surface area contributed by atoms with Gasteiger partial charge in [0.25, 0.3) is 0 Å². The van der Waals surface area contributed by atoms with Crippen LogP contribution in [-0.4, -0.2) is 18.0 Å². The first-order valence-corrected chi connectivity index (χ1v) is 21.2. The number of nitrogens with zero attached hydrogens (tertiary/aromatic N) is 1. The van der Waals surface area contributed by atoms with Crippen LogP contribution in [0.3, 0.4) is 0 Å². The summed E-state index contributed by atoms with van der Waals surface area (Å²) in [6, 6.07) is 0. The van der Waals surface area contributed by atoms with E-state index in [0.717, 1.165) is 6.54 Å². The molecule has 0 radical (unpaired) electrons. The summed E-state index contributed by atoms with van der Waals surface area (Å²) in [5.41, 5.74) is 1.56. The molecular formula is C45H85N. The van der Waals surface area contributed by atoms with Crippen molar-refractivity contribution in [3.8, 4) is 0 Å². The van der Waals surface area contributed by atoms with Crippen LogP contribution in [0.4, 0.5) is 0 Å². The second-order valence-electron chi connectivity index (χ2n) is 14.2. The van der Waals surface area contributed by atoms with Gasteiger partial charge in [-0.05, 0) is 76.2 Å². The minimum absolute atomic E-state index is 1.11. The molecule has 1 rings (SSSR count). The van der Waals surface area contributed by atoms with Crippen molar-refractivity contribution in [2.24, 2.45) is 0 Å². The van der Waals surface area contributed by atoms with Crippen molar-refractivity contribution >= 4 is 0 Å². The normalized spacial score (nSPS) is 13.1. The molecule has 1 aliphatic heterocycles. The van der Waals surface area contributed by atoms with E-state index in [1.807, 2.05) is 0 Å². The number of allylic oxidation sites excluding steroid dienone is 6. The summed E-state index contributed by atoms with van der Waals surface area (Å²) in [7, 11) is 0. The van der Waals surface area contributed by atoms with Gasteiger partial charge in [-0.15, -0.1) is 0 Å². The Morgan fingerprint density at radius 2 is 0.804 bits per heavy atom. The van der Waals surface area contributed by atoms with Gasteiger partial charge in [0.2, 0.25) is 0 Å². The molecule has 0 fully saturated rings. The quantitative estimate of drug-likeness (QED) is 0.0510. The van der Waals surface area contributed by atoms with E-state index in [2.05, 4.69) is 75.3 Å². The largest absolute Gasteiger partial charge is 0.373 e. The second kappa shape index (κ2) is 39.9. The predicted octanol–water partition coefficient (Wildman–Crippen LogP) is 16.0. The number of rotatable bonds is 33. The van der Waals surface area contributed by atoms with E-state index in [-0.39, 0.29) is 0 Å². The lowest BCUT2D eigenvalue weighted by Crippen LogP contribution is -2.21. The molecular weight excluding hydrogens is 555 g/mol. The van der Waals surface area contributed by atoms with E-state index in [4.69, 9.17) is 0 Å². The Labute approximate surface area is 292 Å². The van der Waals surface area contributed by atoms with Gasteiger partial charge in [-0.1, -0.05) is 193 Å². The molecule has 1 heteroatoms. The summed E-state index contributed by atoms with van der Waals surface area (Å²) in [4.78, 5) is 2.56. The number of hydrogen-bond acceptors (Lipinski definition) is 1. The van der Waals surface area contributed by atoms with E-state index < -0.39 is 0 Å². The summed E-state index contributed by atoms with van der Waals surface area (Å²) in [5.74, 6) is 0. The van der Waals surface area contributed by atoms with Gasteiger partial charge < -0.3 is 4.90 Å². The van der Waals surface area contributed by atoms with E-state index in [0.29, 0.717) is 0 Å². The molecule has 0 aromatic rings. The Morgan fingerprint density at radius 1 is 0.435 bits per heavy atom. The van der Waals surface area contributed by atoms with Gasteiger partial charge in [-0.25, -0.2) is 0 Å². The van der Waals surface area contributed by atoms with Gasteiger partial charge in [0.15, 0.2) is 0 Å². The van der Waals surface area contributed by atoms with E-state index >= 15 is 0 Å². The summed E-state index contributed by atoms with van der Waals surface area (Å²) < 4.78 is 0. The van der Waals surface area contributed by atoms with Crippen molar-refractivity contribution in [3.63, 3.8) is 0 Å². The molecule has 0 saturated carbocycles. The molecule has 0 unspecified atom stereocenters. The molecule has 1 aliphatic rings. The monoisotopic (exact) mass is 640 g/mol. The topological polar surface area (TPSA) is 3.24 Å². The molecule has 1 heterocycles. The molecule has 0 N–H and O–H groups in total. The van der Waals surface area contributed by atoms with Crippen LogP contribution in [0.15, 0.2) is 48.2 Å². The van der Waals surface area contributed by atoms with Crippen LogP contribution in [0.5, 0.6) is 0 Å². The summed E-state index contributed by atoms with van der Waals surface area (Å²) >= 11 is 0. The Kier molecular flexibility index (Phi) is 38.9. The highest BCUT2D eigenvalue weighted by atomic mass is 15.1. The lowest BCUT2D eigenvalue weighted by molar-refractivity contribution is 0.387. The first-order chi connectivity index (χ1) is 22.8. The van der Waals surface area contributed by atoms with Crippen molar-refractivity contribution < 1.29 is 0 Å². The zero-order valence-electron chi connectivity index (χ0n) is 32.3. The molecule has 0 bridgehead atoms. The first kappa shape index (κ1) is 44.8. The Morgan fingerprint density at radius 3 is 1.24 bits per heavy atom. The van der Waals surface area contributed by atoms with Gasteiger partial charge in [0.1, 0.15) is 0 Å². The predicted molar refractivity (Wildman–Crippen MR) is 213 cm³/mol. The fraction of sp³-hybridized carbons (Fsp3) is 0.822. The van der Waals surface area contributed by atoms with Crippen LogP contribution in [-0.2, 0) is 0 Å². The Hall–Kier alpha value is -1.24. The third-order valence-electron chi connectivity index (χ3n) is 9.41. The van der Waals surface area contributed by atoms with Crippen molar-refractivity contribution in [1.29, 1.82) is 0 Å². The third kappa shape index (κ3) is 35.6. The molecule has 46 heavy (non-hydrogen) atoms. The molecule has 0 amide bonds. The summed E-state index contributed by atoms with van der Waals surface area (Å²) in [6.07, 6.45) is 59.7. The highest BCUT2D eigenvalue weighted by Crippen LogP contribution is 2.18. The molecule has 0 aromatic heterocycles.